The largest absolute Gasteiger partial charge is 0.483 e. The second kappa shape index (κ2) is 9.45. The first-order valence-corrected chi connectivity index (χ1v) is 9.63. The molecule has 0 aromatic heterocycles. The van der Waals surface area contributed by atoms with E-state index in [1.165, 1.54) is 5.56 Å². The molecule has 156 valence electrons. The molecule has 6 heteroatoms. The van der Waals surface area contributed by atoms with Gasteiger partial charge in [-0.1, -0.05) is 45.0 Å². The predicted octanol–water partition coefficient (Wildman–Crippen LogP) is 3.59. The van der Waals surface area contributed by atoms with E-state index in [9.17, 15) is 9.59 Å². The molecule has 6 nitrogen and oxygen atoms in total. The fourth-order valence-corrected chi connectivity index (χ4v) is 2.58. The maximum absolute atomic E-state index is 12.2. The van der Waals surface area contributed by atoms with Crippen molar-refractivity contribution in [2.75, 3.05) is 6.61 Å². The van der Waals surface area contributed by atoms with Crippen molar-refractivity contribution in [3.63, 3.8) is 0 Å². The highest BCUT2D eigenvalue weighted by Gasteiger charge is 2.17. The van der Waals surface area contributed by atoms with E-state index >= 15 is 0 Å². The minimum Gasteiger partial charge on any atom is -0.483 e. The molecule has 2 rings (SSSR count). The number of rotatable bonds is 6. The minimum absolute atomic E-state index is 0.0465. The standard InChI is InChI=1S/C23H30N2O4/c1-15-8-7-9-20(16(15)2)28-14-21(26)24-25-22(27)17(3)29-19-12-10-18(11-13-19)23(4,5)6/h7-13,17H,14H2,1-6H3,(H,24,26)(H,25,27). The molecule has 29 heavy (non-hydrogen) atoms. The lowest BCUT2D eigenvalue weighted by Gasteiger charge is -2.20. The molecule has 0 spiro atoms. The molecule has 1 unspecified atom stereocenters. The third-order valence-electron chi connectivity index (χ3n) is 4.64. The number of ether oxygens (including phenoxy) is 2. The molecule has 0 radical (unpaired) electrons. The number of carbonyl (C=O) groups excluding carboxylic acids is 2. The van der Waals surface area contributed by atoms with Gasteiger partial charge in [0.15, 0.2) is 12.7 Å². The maximum atomic E-state index is 12.2. The zero-order chi connectivity index (χ0) is 21.6. The Morgan fingerprint density at radius 2 is 1.66 bits per heavy atom. The van der Waals surface area contributed by atoms with Crippen molar-refractivity contribution in [1.82, 2.24) is 10.9 Å². The molecule has 0 heterocycles. The summed E-state index contributed by atoms with van der Waals surface area (Å²) in [7, 11) is 0. The van der Waals surface area contributed by atoms with Gasteiger partial charge in [0.05, 0.1) is 0 Å². The van der Waals surface area contributed by atoms with Crippen LogP contribution < -0.4 is 20.3 Å². The molecule has 0 fully saturated rings. The summed E-state index contributed by atoms with van der Waals surface area (Å²) in [6.07, 6.45) is -0.768. The van der Waals surface area contributed by atoms with Gasteiger partial charge < -0.3 is 9.47 Å². The van der Waals surface area contributed by atoms with Gasteiger partial charge in [0.2, 0.25) is 0 Å². The Hall–Kier alpha value is -3.02. The fourth-order valence-electron chi connectivity index (χ4n) is 2.58. The van der Waals surface area contributed by atoms with Gasteiger partial charge in [0.1, 0.15) is 11.5 Å². The Bertz CT molecular complexity index is 854. The Morgan fingerprint density at radius 3 is 2.28 bits per heavy atom. The van der Waals surface area contributed by atoms with E-state index in [1.807, 2.05) is 50.2 Å². The zero-order valence-electron chi connectivity index (χ0n) is 18.0. The topological polar surface area (TPSA) is 76.7 Å². The van der Waals surface area contributed by atoms with Gasteiger partial charge in [-0.05, 0) is 61.1 Å². The van der Waals surface area contributed by atoms with E-state index in [0.717, 1.165) is 11.1 Å². The van der Waals surface area contributed by atoms with Crippen molar-refractivity contribution in [2.45, 2.75) is 53.1 Å². The molecule has 0 aliphatic carbocycles. The molecule has 0 bridgehead atoms. The summed E-state index contributed by atoms with van der Waals surface area (Å²) in [6.45, 7) is 11.7. The van der Waals surface area contributed by atoms with Crippen LogP contribution >= 0.6 is 0 Å². The highest BCUT2D eigenvalue weighted by molar-refractivity contribution is 5.85. The number of hydrogen-bond donors (Lipinski definition) is 2. The molecule has 2 N–H and O–H groups in total. The lowest BCUT2D eigenvalue weighted by Crippen LogP contribution is -2.48. The molecule has 2 aromatic rings. The van der Waals surface area contributed by atoms with Gasteiger partial charge >= 0.3 is 0 Å². The van der Waals surface area contributed by atoms with Crippen molar-refractivity contribution in [3.8, 4) is 11.5 Å². The van der Waals surface area contributed by atoms with E-state index in [-0.39, 0.29) is 12.0 Å². The first kappa shape index (κ1) is 22.3. The van der Waals surface area contributed by atoms with Crippen LogP contribution in [0.2, 0.25) is 0 Å². The first-order chi connectivity index (χ1) is 13.6. The van der Waals surface area contributed by atoms with Crippen molar-refractivity contribution in [1.29, 1.82) is 0 Å². The van der Waals surface area contributed by atoms with Crippen LogP contribution in [-0.2, 0) is 15.0 Å². The number of benzene rings is 2. The van der Waals surface area contributed by atoms with Gasteiger partial charge in [-0.3, -0.25) is 20.4 Å². The van der Waals surface area contributed by atoms with Gasteiger partial charge in [-0.15, -0.1) is 0 Å². The molecule has 0 saturated carbocycles. The van der Waals surface area contributed by atoms with Crippen molar-refractivity contribution < 1.29 is 19.1 Å². The van der Waals surface area contributed by atoms with Crippen LogP contribution in [0, 0.1) is 13.8 Å². The van der Waals surface area contributed by atoms with Crippen molar-refractivity contribution in [2.24, 2.45) is 0 Å². The Morgan fingerprint density at radius 1 is 1.00 bits per heavy atom. The average molecular weight is 399 g/mol. The van der Waals surface area contributed by atoms with Crippen LogP contribution in [0.1, 0.15) is 44.4 Å². The number of nitrogens with one attached hydrogen (secondary N) is 2. The summed E-state index contributed by atoms with van der Waals surface area (Å²) < 4.78 is 11.2. The van der Waals surface area contributed by atoms with E-state index in [0.29, 0.717) is 11.5 Å². The quantitative estimate of drug-likeness (QED) is 0.729. The van der Waals surface area contributed by atoms with Crippen LogP contribution in [0.25, 0.3) is 0 Å². The highest BCUT2D eigenvalue weighted by atomic mass is 16.5. The highest BCUT2D eigenvalue weighted by Crippen LogP contribution is 2.24. The molecule has 0 aliphatic heterocycles. The zero-order valence-corrected chi connectivity index (χ0v) is 18.0. The van der Waals surface area contributed by atoms with Crippen molar-refractivity contribution in [3.05, 3.63) is 59.2 Å². The maximum Gasteiger partial charge on any atom is 0.279 e. The predicted molar refractivity (Wildman–Crippen MR) is 113 cm³/mol. The normalized spacial score (nSPS) is 12.1. The van der Waals surface area contributed by atoms with Gasteiger partial charge in [0, 0.05) is 0 Å². The fraction of sp³-hybridized carbons (Fsp3) is 0.391. The third kappa shape index (κ3) is 6.52. The van der Waals surface area contributed by atoms with Gasteiger partial charge in [-0.25, -0.2) is 0 Å². The molecule has 2 aromatic carbocycles. The third-order valence-corrected chi connectivity index (χ3v) is 4.64. The van der Waals surface area contributed by atoms with Gasteiger partial charge in [-0.2, -0.15) is 0 Å². The summed E-state index contributed by atoms with van der Waals surface area (Å²) in [4.78, 5) is 24.1. The Labute approximate surface area is 172 Å². The number of hydrazine groups is 1. The van der Waals surface area contributed by atoms with Crippen molar-refractivity contribution >= 4 is 11.8 Å². The average Bonchev–Trinajstić information content (AvgIpc) is 2.66. The Kier molecular flexibility index (Phi) is 7.26. The summed E-state index contributed by atoms with van der Waals surface area (Å²) >= 11 is 0. The Balaban J connectivity index is 1.79. The smallest absolute Gasteiger partial charge is 0.279 e. The molecule has 1 atom stereocenters. The molecule has 0 aliphatic rings. The lowest BCUT2D eigenvalue weighted by atomic mass is 9.87. The lowest BCUT2D eigenvalue weighted by molar-refractivity contribution is -0.133. The minimum atomic E-state index is -0.768. The summed E-state index contributed by atoms with van der Waals surface area (Å²) in [5.41, 5.74) is 7.98. The number of carbonyl (C=O) groups is 2. The second-order valence-corrected chi connectivity index (χ2v) is 8.06. The summed E-state index contributed by atoms with van der Waals surface area (Å²) in [6, 6.07) is 13.3. The van der Waals surface area contributed by atoms with Crippen LogP contribution in [-0.4, -0.2) is 24.5 Å². The van der Waals surface area contributed by atoms with Crippen LogP contribution in [0.5, 0.6) is 11.5 Å². The van der Waals surface area contributed by atoms with E-state index in [1.54, 1.807) is 13.0 Å². The van der Waals surface area contributed by atoms with E-state index < -0.39 is 17.9 Å². The second-order valence-electron chi connectivity index (χ2n) is 8.06. The summed E-state index contributed by atoms with van der Waals surface area (Å²) in [5.74, 6) is 0.318. The molecular weight excluding hydrogens is 368 g/mol. The van der Waals surface area contributed by atoms with E-state index in [4.69, 9.17) is 9.47 Å². The summed E-state index contributed by atoms with van der Waals surface area (Å²) in [5, 5.41) is 0. The molecule has 0 saturated heterocycles. The molecular formula is C23H30N2O4. The first-order valence-electron chi connectivity index (χ1n) is 9.63. The number of hydrogen-bond acceptors (Lipinski definition) is 4. The van der Waals surface area contributed by atoms with Crippen LogP contribution in [0.4, 0.5) is 0 Å². The monoisotopic (exact) mass is 398 g/mol. The number of aryl methyl sites for hydroxylation is 1. The number of amides is 2. The SMILES string of the molecule is Cc1cccc(OCC(=O)NNC(=O)C(C)Oc2ccc(C(C)(C)C)cc2)c1C. The molecule has 2 amide bonds. The van der Waals surface area contributed by atoms with Crippen LogP contribution in [0.3, 0.4) is 0 Å². The van der Waals surface area contributed by atoms with E-state index in [2.05, 4.69) is 31.6 Å². The van der Waals surface area contributed by atoms with Crippen LogP contribution in [0.15, 0.2) is 42.5 Å². The van der Waals surface area contributed by atoms with Gasteiger partial charge in [0.25, 0.3) is 11.8 Å².